The molecule has 0 aromatic carbocycles. The smallest absolute Gasteiger partial charge is 0.134 e. The zero-order chi connectivity index (χ0) is 12.0. The number of aromatic nitrogens is 2. The van der Waals surface area contributed by atoms with Crippen molar-refractivity contribution in [1.82, 2.24) is 14.9 Å². The van der Waals surface area contributed by atoms with Gasteiger partial charge < -0.3 is 10.2 Å². The molecule has 90 valence electrons. The predicted molar refractivity (Wildman–Crippen MR) is 67.9 cm³/mol. The molecule has 0 aliphatic rings. The van der Waals surface area contributed by atoms with E-state index < -0.39 is 0 Å². The van der Waals surface area contributed by atoms with E-state index >= 15 is 0 Å². The zero-order valence-electron chi connectivity index (χ0n) is 10.1. The Morgan fingerprint density at radius 1 is 1.38 bits per heavy atom. The first-order valence-electron chi connectivity index (χ1n) is 5.62. The molecule has 1 aromatic heterocycles. The minimum atomic E-state index is 0.339. The third-order valence-electron chi connectivity index (χ3n) is 2.45. The maximum Gasteiger partial charge on any atom is 0.134 e. The molecule has 0 amide bonds. The molecule has 5 heteroatoms. The Morgan fingerprint density at radius 2 is 2.06 bits per heavy atom. The van der Waals surface area contributed by atoms with Gasteiger partial charge in [-0.25, -0.2) is 9.97 Å². The highest BCUT2D eigenvalue weighted by Crippen LogP contribution is 2.09. The van der Waals surface area contributed by atoms with Gasteiger partial charge >= 0.3 is 0 Å². The Morgan fingerprint density at radius 3 is 2.62 bits per heavy atom. The largest absolute Gasteiger partial charge is 0.366 e. The predicted octanol–water partition coefficient (Wildman–Crippen LogP) is 2.27. The van der Waals surface area contributed by atoms with Crippen molar-refractivity contribution in [2.75, 3.05) is 25.0 Å². The number of hydrogen-bond acceptors (Lipinski definition) is 4. The fourth-order valence-electron chi connectivity index (χ4n) is 1.58. The maximum atomic E-state index is 5.79. The molecule has 0 bridgehead atoms. The summed E-state index contributed by atoms with van der Waals surface area (Å²) in [7, 11) is 0. The molecule has 16 heavy (non-hydrogen) atoms. The molecule has 0 radical (unpaired) electrons. The van der Waals surface area contributed by atoms with E-state index in [0.29, 0.717) is 11.2 Å². The van der Waals surface area contributed by atoms with Gasteiger partial charge in [0.2, 0.25) is 0 Å². The lowest BCUT2D eigenvalue weighted by Gasteiger charge is -2.23. The molecular weight excluding hydrogens is 224 g/mol. The van der Waals surface area contributed by atoms with E-state index in [2.05, 4.69) is 41.0 Å². The van der Waals surface area contributed by atoms with Gasteiger partial charge in [-0.05, 0) is 20.0 Å². The summed E-state index contributed by atoms with van der Waals surface area (Å²) in [5.74, 6) is 0.777. The first-order chi connectivity index (χ1) is 7.65. The highest BCUT2D eigenvalue weighted by atomic mass is 35.5. The van der Waals surface area contributed by atoms with E-state index in [-0.39, 0.29) is 0 Å². The maximum absolute atomic E-state index is 5.79. The van der Waals surface area contributed by atoms with E-state index in [1.165, 1.54) is 6.33 Å². The molecule has 1 atom stereocenters. The Bertz CT molecular complexity index is 315. The second-order valence-corrected chi connectivity index (χ2v) is 4.14. The van der Waals surface area contributed by atoms with Gasteiger partial charge in [-0.15, -0.1) is 0 Å². The van der Waals surface area contributed by atoms with E-state index in [9.17, 15) is 0 Å². The first kappa shape index (κ1) is 13.2. The van der Waals surface area contributed by atoms with Crippen LogP contribution in [-0.4, -0.2) is 40.5 Å². The average Bonchev–Trinajstić information content (AvgIpc) is 2.26. The molecule has 1 N–H and O–H groups in total. The van der Waals surface area contributed by atoms with Gasteiger partial charge in [0.1, 0.15) is 17.3 Å². The number of hydrogen-bond donors (Lipinski definition) is 1. The lowest BCUT2D eigenvalue weighted by atomic mass is 10.3. The van der Waals surface area contributed by atoms with Crippen LogP contribution in [0.25, 0.3) is 0 Å². The van der Waals surface area contributed by atoms with E-state index in [1.54, 1.807) is 6.07 Å². The Hall–Kier alpha value is -0.870. The fraction of sp³-hybridized carbons (Fsp3) is 0.636. The van der Waals surface area contributed by atoms with Gasteiger partial charge in [0.05, 0.1) is 0 Å². The molecule has 1 rings (SSSR count). The van der Waals surface area contributed by atoms with Crippen molar-refractivity contribution in [2.24, 2.45) is 0 Å². The van der Waals surface area contributed by atoms with Gasteiger partial charge in [0.15, 0.2) is 0 Å². The first-order valence-corrected chi connectivity index (χ1v) is 6.00. The van der Waals surface area contributed by atoms with Gasteiger partial charge in [-0.3, -0.25) is 0 Å². The molecule has 0 spiro atoms. The summed E-state index contributed by atoms with van der Waals surface area (Å²) < 4.78 is 0. The van der Waals surface area contributed by atoms with Crippen molar-refractivity contribution < 1.29 is 0 Å². The highest BCUT2D eigenvalue weighted by Gasteiger charge is 2.07. The van der Waals surface area contributed by atoms with Gasteiger partial charge in [-0.2, -0.15) is 0 Å². The molecule has 1 unspecified atom stereocenters. The van der Waals surface area contributed by atoms with Crippen LogP contribution in [0.3, 0.4) is 0 Å². The van der Waals surface area contributed by atoms with Gasteiger partial charge in [0, 0.05) is 18.7 Å². The lowest BCUT2D eigenvalue weighted by Crippen LogP contribution is -2.34. The number of anilines is 1. The number of nitrogens with zero attached hydrogens (tertiary/aromatic N) is 3. The summed E-state index contributed by atoms with van der Waals surface area (Å²) >= 11 is 5.79. The van der Waals surface area contributed by atoms with E-state index in [4.69, 9.17) is 11.6 Å². The normalized spacial score (nSPS) is 12.8. The molecule has 0 aliphatic carbocycles. The molecular formula is C11H19ClN4. The van der Waals surface area contributed by atoms with Crippen molar-refractivity contribution in [3.63, 3.8) is 0 Å². The van der Waals surface area contributed by atoms with Crippen LogP contribution in [0.2, 0.25) is 5.15 Å². The number of halogens is 1. The van der Waals surface area contributed by atoms with Crippen molar-refractivity contribution in [3.05, 3.63) is 17.5 Å². The van der Waals surface area contributed by atoms with Crippen LogP contribution >= 0.6 is 11.6 Å². The molecule has 1 heterocycles. The lowest BCUT2D eigenvalue weighted by molar-refractivity contribution is 0.294. The minimum Gasteiger partial charge on any atom is -0.366 e. The van der Waals surface area contributed by atoms with E-state index in [0.717, 1.165) is 25.5 Å². The van der Waals surface area contributed by atoms with Gasteiger partial charge in [0.25, 0.3) is 0 Å². The van der Waals surface area contributed by atoms with Crippen LogP contribution in [0.1, 0.15) is 20.8 Å². The SMILES string of the molecule is CCN(CC)CC(C)Nc1cc(Cl)ncn1. The Balaban J connectivity index is 2.47. The summed E-state index contributed by atoms with van der Waals surface area (Å²) in [4.78, 5) is 10.3. The second-order valence-electron chi connectivity index (χ2n) is 3.76. The topological polar surface area (TPSA) is 41.0 Å². The van der Waals surface area contributed by atoms with Crippen LogP contribution in [0, 0.1) is 0 Å². The van der Waals surface area contributed by atoms with Crippen molar-refractivity contribution in [2.45, 2.75) is 26.8 Å². The number of likely N-dealkylation sites (N-methyl/N-ethyl adjacent to an activating group) is 1. The summed E-state index contributed by atoms with van der Waals surface area (Å²) in [5.41, 5.74) is 0. The quantitative estimate of drug-likeness (QED) is 0.777. The summed E-state index contributed by atoms with van der Waals surface area (Å²) in [5, 5.41) is 3.77. The summed E-state index contributed by atoms with van der Waals surface area (Å²) in [6.45, 7) is 9.58. The van der Waals surface area contributed by atoms with Gasteiger partial charge in [-0.1, -0.05) is 25.4 Å². The number of rotatable bonds is 6. The standard InChI is InChI=1S/C11H19ClN4/c1-4-16(5-2)7-9(3)15-11-6-10(12)13-8-14-11/h6,8-9H,4-5,7H2,1-3H3,(H,13,14,15). The second kappa shape index (κ2) is 6.66. The zero-order valence-corrected chi connectivity index (χ0v) is 10.8. The molecule has 0 saturated heterocycles. The minimum absolute atomic E-state index is 0.339. The summed E-state index contributed by atoms with van der Waals surface area (Å²) in [6, 6.07) is 2.08. The van der Waals surface area contributed by atoms with Crippen LogP contribution in [0.15, 0.2) is 12.4 Å². The third-order valence-corrected chi connectivity index (χ3v) is 2.66. The Labute approximate surface area is 102 Å². The molecule has 1 aromatic rings. The fourth-order valence-corrected chi connectivity index (χ4v) is 1.73. The number of nitrogens with one attached hydrogen (secondary N) is 1. The van der Waals surface area contributed by atoms with Crippen LogP contribution in [-0.2, 0) is 0 Å². The highest BCUT2D eigenvalue weighted by molar-refractivity contribution is 6.29. The molecule has 0 fully saturated rings. The molecule has 4 nitrogen and oxygen atoms in total. The van der Waals surface area contributed by atoms with Crippen molar-refractivity contribution >= 4 is 17.4 Å². The van der Waals surface area contributed by atoms with Crippen LogP contribution < -0.4 is 5.32 Å². The van der Waals surface area contributed by atoms with Crippen molar-refractivity contribution in [3.8, 4) is 0 Å². The monoisotopic (exact) mass is 242 g/mol. The average molecular weight is 243 g/mol. The van der Waals surface area contributed by atoms with E-state index in [1.807, 2.05) is 0 Å². The van der Waals surface area contributed by atoms with Crippen LogP contribution in [0.5, 0.6) is 0 Å². The van der Waals surface area contributed by atoms with Crippen LogP contribution in [0.4, 0.5) is 5.82 Å². The summed E-state index contributed by atoms with van der Waals surface area (Å²) in [6.07, 6.45) is 1.47. The third kappa shape index (κ3) is 4.33. The Kier molecular flexibility index (Phi) is 5.49. The molecule has 0 aliphatic heterocycles. The molecule has 0 saturated carbocycles. The van der Waals surface area contributed by atoms with Crippen molar-refractivity contribution in [1.29, 1.82) is 0 Å².